The second kappa shape index (κ2) is 17.1. The van der Waals surface area contributed by atoms with E-state index in [4.69, 9.17) is 0 Å². The highest BCUT2D eigenvalue weighted by atomic mass is 32.2. The first-order chi connectivity index (χ1) is 25.4. The summed E-state index contributed by atoms with van der Waals surface area (Å²) in [5, 5.41) is 3.83. The third kappa shape index (κ3) is 10.0. The molecule has 0 saturated heterocycles. The highest BCUT2D eigenvalue weighted by molar-refractivity contribution is 7.86. The van der Waals surface area contributed by atoms with Gasteiger partial charge in [0.05, 0.1) is 16.9 Å². The van der Waals surface area contributed by atoms with E-state index in [0.29, 0.717) is 44.7 Å². The van der Waals surface area contributed by atoms with Gasteiger partial charge in [-0.25, -0.2) is 0 Å². The summed E-state index contributed by atoms with van der Waals surface area (Å²) in [6, 6.07) is 16.8. The summed E-state index contributed by atoms with van der Waals surface area (Å²) in [7, 11) is -8.00. The summed E-state index contributed by atoms with van der Waals surface area (Å²) in [6.07, 6.45) is 15.1. The molecular formula is C43H60N3O6S2+. The Hall–Kier alpha value is -3.51. The first-order valence-electron chi connectivity index (χ1n) is 19.5. The van der Waals surface area contributed by atoms with Crippen LogP contribution in [0.5, 0.6) is 0 Å². The number of rotatable bonds is 18. The van der Waals surface area contributed by atoms with E-state index in [1.807, 2.05) is 12.1 Å². The Balaban J connectivity index is 1.49. The van der Waals surface area contributed by atoms with Crippen molar-refractivity contribution in [1.29, 1.82) is 0 Å². The fourth-order valence-corrected chi connectivity index (χ4v) is 9.38. The van der Waals surface area contributed by atoms with Gasteiger partial charge >= 0.3 is 0 Å². The molecule has 2 aliphatic heterocycles. The molecule has 3 N–H and O–H groups in total. The number of benzene rings is 2. The van der Waals surface area contributed by atoms with Crippen LogP contribution in [0.3, 0.4) is 0 Å². The van der Waals surface area contributed by atoms with Crippen molar-refractivity contribution in [2.75, 3.05) is 36.0 Å². The topological polar surface area (TPSA) is 127 Å². The molecule has 0 radical (unpaired) electrons. The third-order valence-corrected chi connectivity index (χ3v) is 12.7. The molecule has 3 aliphatic rings. The number of allylic oxidation sites excluding steroid dienone is 7. The molecule has 11 heteroatoms. The van der Waals surface area contributed by atoms with Crippen LogP contribution in [0.4, 0.5) is 11.4 Å². The zero-order valence-electron chi connectivity index (χ0n) is 32.9. The molecule has 2 heterocycles. The number of nitrogens with zero attached hydrogens (tertiary/aromatic N) is 2. The molecule has 0 spiro atoms. The SMILES string of the molecule is CC(C)CCCNC1=C(/C=C/C2=[N+](CCCCS(=O)(=O)O)c3ccccc3C2(C)C)CC/C1=C\C=C1/N(CCCCS(=O)(=O)O)c2ccccc2C1(C)C. The third-order valence-electron chi connectivity index (χ3n) is 11.1. The number of anilines is 1. The average Bonchev–Trinajstić information content (AvgIpc) is 3.65. The Kier molecular flexibility index (Phi) is 13.2. The maximum atomic E-state index is 11.4. The summed E-state index contributed by atoms with van der Waals surface area (Å²) >= 11 is 0. The number of unbranched alkanes of at least 4 members (excludes halogenated alkanes) is 2. The van der Waals surface area contributed by atoms with Gasteiger partial charge in [0.2, 0.25) is 5.69 Å². The molecule has 0 amide bonds. The number of fused-ring (bicyclic) bond motifs is 2. The monoisotopic (exact) mass is 778 g/mol. The van der Waals surface area contributed by atoms with E-state index in [1.54, 1.807) is 0 Å². The zero-order valence-corrected chi connectivity index (χ0v) is 34.6. The molecule has 5 rings (SSSR count). The fourth-order valence-electron chi connectivity index (χ4n) is 8.24. The molecule has 0 atom stereocenters. The molecule has 0 fully saturated rings. The molecular weight excluding hydrogens is 719 g/mol. The van der Waals surface area contributed by atoms with E-state index >= 15 is 0 Å². The van der Waals surface area contributed by atoms with Crippen LogP contribution >= 0.6 is 0 Å². The summed E-state index contributed by atoms with van der Waals surface area (Å²) in [4.78, 5) is 2.31. The van der Waals surface area contributed by atoms with Crippen molar-refractivity contribution in [3.63, 3.8) is 0 Å². The summed E-state index contributed by atoms with van der Waals surface area (Å²) in [6.45, 7) is 15.7. The van der Waals surface area contributed by atoms with Gasteiger partial charge in [0, 0.05) is 59.7 Å². The standard InChI is InChI=1S/C43H59N3O6S2/c1-32(2)16-15-27-44-41-33(23-25-39-42(3,4)35-17-7-9-19-37(35)45(39)28-11-13-30-53(47,48)49)21-22-34(41)24-26-40-43(5,6)36-18-8-10-20-38(36)46(40)29-12-14-31-54(50,51)52/h7-10,17-20,23-26,32H,11-16,21-22,27-31H2,1-6H3,(H2,47,48,49,50,51,52)/p+1/b33-23+,39-25-. The van der Waals surface area contributed by atoms with E-state index < -0.39 is 20.2 Å². The van der Waals surface area contributed by atoms with Crippen molar-refractivity contribution in [2.45, 2.75) is 104 Å². The van der Waals surface area contributed by atoms with E-state index in [9.17, 15) is 25.9 Å². The lowest BCUT2D eigenvalue weighted by atomic mass is 9.81. The minimum atomic E-state index is -4.00. The molecule has 9 nitrogen and oxygen atoms in total. The van der Waals surface area contributed by atoms with Crippen LogP contribution in [0, 0.1) is 5.92 Å². The van der Waals surface area contributed by atoms with Crippen LogP contribution in [-0.2, 0) is 31.1 Å². The second-order valence-electron chi connectivity index (χ2n) is 16.4. The van der Waals surface area contributed by atoms with Crippen molar-refractivity contribution in [3.8, 4) is 0 Å². The van der Waals surface area contributed by atoms with Crippen LogP contribution in [0.2, 0.25) is 0 Å². The Labute approximate surface area is 324 Å². The smallest absolute Gasteiger partial charge is 0.264 e. The van der Waals surface area contributed by atoms with Crippen LogP contribution in [0.1, 0.15) is 104 Å². The first-order valence-corrected chi connectivity index (χ1v) is 22.7. The predicted molar refractivity (Wildman–Crippen MR) is 221 cm³/mol. The molecule has 54 heavy (non-hydrogen) atoms. The number of hydrogen-bond donors (Lipinski definition) is 3. The number of nitrogens with one attached hydrogen (secondary N) is 1. The molecule has 0 saturated carbocycles. The maximum absolute atomic E-state index is 11.4. The summed E-state index contributed by atoms with van der Waals surface area (Å²) < 4.78 is 66.6. The van der Waals surface area contributed by atoms with Crippen LogP contribution in [0.25, 0.3) is 0 Å². The molecule has 2 aromatic rings. The van der Waals surface area contributed by atoms with Gasteiger partial charge in [-0.3, -0.25) is 9.11 Å². The van der Waals surface area contributed by atoms with Gasteiger partial charge in [-0.1, -0.05) is 76.2 Å². The van der Waals surface area contributed by atoms with Crippen LogP contribution in [-0.4, -0.2) is 67.4 Å². The largest absolute Gasteiger partial charge is 0.385 e. The van der Waals surface area contributed by atoms with Crippen molar-refractivity contribution < 1.29 is 30.5 Å². The van der Waals surface area contributed by atoms with Crippen molar-refractivity contribution in [3.05, 3.63) is 107 Å². The second-order valence-corrected chi connectivity index (χ2v) is 19.5. The Morgan fingerprint density at radius 2 is 1.44 bits per heavy atom. The van der Waals surface area contributed by atoms with Crippen molar-refractivity contribution >= 4 is 37.3 Å². The summed E-state index contributed by atoms with van der Waals surface area (Å²) in [5.74, 6) is 0.149. The Morgan fingerprint density at radius 3 is 2.13 bits per heavy atom. The van der Waals surface area contributed by atoms with Gasteiger partial charge in [-0.05, 0) is 93.6 Å². The van der Waals surface area contributed by atoms with Gasteiger partial charge in [0.1, 0.15) is 6.54 Å². The minimum absolute atomic E-state index is 0.240. The normalized spacial score (nSPS) is 19.6. The van der Waals surface area contributed by atoms with Gasteiger partial charge in [-0.2, -0.15) is 21.4 Å². The van der Waals surface area contributed by atoms with Crippen molar-refractivity contribution in [2.24, 2.45) is 5.92 Å². The van der Waals surface area contributed by atoms with Gasteiger partial charge in [0.25, 0.3) is 20.2 Å². The molecule has 0 unspecified atom stereocenters. The molecule has 2 aromatic carbocycles. The van der Waals surface area contributed by atoms with E-state index in [-0.39, 0.29) is 22.3 Å². The number of hydrogen-bond acceptors (Lipinski definition) is 6. The minimum Gasteiger partial charge on any atom is -0.385 e. The summed E-state index contributed by atoms with van der Waals surface area (Å²) in [5.41, 5.74) is 10.3. The highest BCUT2D eigenvalue weighted by Gasteiger charge is 2.44. The lowest BCUT2D eigenvalue weighted by Gasteiger charge is -2.27. The van der Waals surface area contributed by atoms with Crippen molar-refractivity contribution in [1.82, 2.24) is 5.32 Å². The van der Waals surface area contributed by atoms with E-state index in [2.05, 4.69) is 117 Å². The van der Waals surface area contributed by atoms with Gasteiger partial charge < -0.3 is 10.2 Å². The lowest BCUT2D eigenvalue weighted by Crippen LogP contribution is -2.28. The fraction of sp³-hybridized carbons (Fsp3) is 0.512. The quantitative estimate of drug-likeness (QED) is 0.0780. The Morgan fingerprint density at radius 1 is 0.796 bits per heavy atom. The molecule has 1 aliphatic carbocycles. The molecule has 0 aromatic heterocycles. The predicted octanol–water partition coefficient (Wildman–Crippen LogP) is 8.64. The Bertz CT molecular complexity index is 2070. The number of para-hydroxylation sites is 2. The van der Waals surface area contributed by atoms with Gasteiger partial charge in [-0.15, -0.1) is 0 Å². The highest BCUT2D eigenvalue weighted by Crippen LogP contribution is 2.48. The lowest BCUT2D eigenvalue weighted by molar-refractivity contribution is -0.438. The zero-order chi connectivity index (χ0) is 39.3. The first kappa shape index (κ1) is 41.6. The molecule has 0 bridgehead atoms. The maximum Gasteiger partial charge on any atom is 0.264 e. The van der Waals surface area contributed by atoms with E-state index in [0.717, 1.165) is 55.0 Å². The van der Waals surface area contributed by atoms with Crippen LogP contribution in [0.15, 0.2) is 95.4 Å². The van der Waals surface area contributed by atoms with E-state index in [1.165, 1.54) is 28.0 Å². The average molecular weight is 779 g/mol. The van der Waals surface area contributed by atoms with Gasteiger partial charge in [0.15, 0.2) is 5.71 Å². The molecule has 294 valence electrons. The van der Waals surface area contributed by atoms with Crippen LogP contribution < -0.4 is 10.2 Å².